The van der Waals surface area contributed by atoms with Gasteiger partial charge in [0.15, 0.2) is 11.6 Å². The fourth-order valence-corrected chi connectivity index (χ4v) is 2.30. The van der Waals surface area contributed by atoms with E-state index in [9.17, 15) is 8.78 Å². The molecule has 0 bridgehead atoms. The lowest BCUT2D eigenvalue weighted by molar-refractivity contribution is 0.510. The smallest absolute Gasteiger partial charge is 0.161 e. The Balaban J connectivity index is 2.29. The fraction of sp³-hybridized carbons (Fsp3) is 0.0667. The van der Waals surface area contributed by atoms with Crippen LogP contribution < -0.4 is 0 Å². The highest BCUT2D eigenvalue weighted by Crippen LogP contribution is 2.27. The molecule has 6 heteroatoms. The van der Waals surface area contributed by atoms with Gasteiger partial charge in [0.2, 0.25) is 0 Å². The van der Waals surface area contributed by atoms with Crippen molar-refractivity contribution in [2.75, 3.05) is 0 Å². The van der Waals surface area contributed by atoms with Gasteiger partial charge < -0.3 is 4.57 Å². The van der Waals surface area contributed by atoms with Crippen LogP contribution in [0.4, 0.5) is 8.78 Å². The van der Waals surface area contributed by atoms with Crippen LogP contribution in [0.5, 0.6) is 0 Å². The molecule has 0 aliphatic rings. The molecule has 0 amide bonds. The predicted molar refractivity (Wildman–Crippen MR) is 75.7 cm³/mol. The van der Waals surface area contributed by atoms with Crippen molar-refractivity contribution in [3.63, 3.8) is 0 Å². The molecule has 0 radical (unpaired) electrons. The van der Waals surface area contributed by atoms with E-state index in [0.717, 1.165) is 12.1 Å². The Bertz CT molecular complexity index is 863. The number of benzene rings is 2. The molecule has 1 aromatic heterocycles. The van der Waals surface area contributed by atoms with Gasteiger partial charge in [-0.05, 0) is 24.3 Å². The summed E-state index contributed by atoms with van der Waals surface area (Å²) in [7, 11) is 0. The summed E-state index contributed by atoms with van der Waals surface area (Å²) in [6.45, 7) is -0.0144. The number of fused-ring (bicyclic) bond motifs is 1. The number of nitriles is 1. The molecule has 0 saturated carbocycles. The largest absolute Gasteiger partial charge is 0.310 e. The summed E-state index contributed by atoms with van der Waals surface area (Å²) in [5.74, 6) is -1.47. The van der Waals surface area contributed by atoms with Crippen molar-refractivity contribution in [2.45, 2.75) is 6.54 Å². The summed E-state index contributed by atoms with van der Waals surface area (Å²) >= 11 is 5.84. The number of hydrogen-bond donors (Lipinski definition) is 0. The maximum absolute atomic E-state index is 13.4. The van der Waals surface area contributed by atoms with Gasteiger partial charge in [0, 0.05) is 22.7 Å². The van der Waals surface area contributed by atoms with E-state index in [1.165, 1.54) is 0 Å². The summed E-state index contributed by atoms with van der Waals surface area (Å²) in [6.07, 6.45) is 0. The van der Waals surface area contributed by atoms with Crippen molar-refractivity contribution >= 4 is 22.6 Å². The van der Waals surface area contributed by atoms with Gasteiger partial charge in [0.1, 0.15) is 12.4 Å². The standard InChI is InChI=1S/C15H8ClF2N3/c16-10-3-1-9(2-4-10)15-20-13-7-11(17)12(18)8-14(13)21(15)6-5-19/h1-4,7-8H,6H2. The Morgan fingerprint density at radius 3 is 2.48 bits per heavy atom. The summed E-state index contributed by atoms with van der Waals surface area (Å²) in [6, 6.07) is 10.9. The molecule has 0 N–H and O–H groups in total. The monoisotopic (exact) mass is 303 g/mol. The van der Waals surface area contributed by atoms with Crippen LogP contribution in [0.1, 0.15) is 0 Å². The van der Waals surface area contributed by atoms with Crippen LogP contribution in [0, 0.1) is 23.0 Å². The zero-order chi connectivity index (χ0) is 15.0. The maximum Gasteiger partial charge on any atom is 0.161 e. The number of hydrogen-bond acceptors (Lipinski definition) is 2. The Hall–Kier alpha value is -2.45. The molecule has 104 valence electrons. The molecule has 0 saturated heterocycles. The Kier molecular flexibility index (Phi) is 3.32. The SMILES string of the molecule is N#CCn1c(-c2ccc(Cl)cc2)nc2cc(F)c(F)cc21. The van der Waals surface area contributed by atoms with E-state index in [0.29, 0.717) is 27.4 Å². The normalized spacial score (nSPS) is 10.8. The lowest BCUT2D eigenvalue weighted by Gasteiger charge is -2.05. The fourth-order valence-electron chi connectivity index (χ4n) is 2.17. The van der Waals surface area contributed by atoms with E-state index < -0.39 is 11.6 Å². The average molecular weight is 304 g/mol. The summed E-state index contributed by atoms with van der Waals surface area (Å²) in [5.41, 5.74) is 1.39. The number of halogens is 3. The van der Waals surface area contributed by atoms with Crippen molar-refractivity contribution in [3.05, 3.63) is 53.1 Å². The number of aromatic nitrogens is 2. The molecule has 2 aromatic carbocycles. The Morgan fingerprint density at radius 2 is 1.81 bits per heavy atom. The van der Waals surface area contributed by atoms with Crippen LogP contribution >= 0.6 is 11.6 Å². The van der Waals surface area contributed by atoms with Crippen LogP contribution in [0.15, 0.2) is 36.4 Å². The van der Waals surface area contributed by atoms with Crippen LogP contribution in [-0.2, 0) is 6.54 Å². The Morgan fingerprint density at radius 1 is 1.14 bits per heavy atom. The van der Waals surface area contributed by atoms with Crippen molar-refractivity contribution < 1.29 is 8.78 Å². The molecular formula is C15H8ClF2N3. The molecule has 0 spiro atoms. The molecule has 0 aliphatic carbocycles. The van der Waals surface area contributed by atoms with Gasteiger partial charge in [0.25, 0.3) is 0 Å². The molecule has 0 aliphatic heterocycles. The maximum atomic E-state index is 13.4. The minimum atomic E-state index is -0.968. The number of imidazole rings is 1. The van der Waals surface area contributed by atoms with Crippen molar-refractivity contribution in [1.82, 2.24) is 9.55 Å². The molecule has 0 unspecified atom stereocenters. The summed E-state index contributed by atoms with van der Waals surface area (Å²) in [5, 5.41) is 9.52. The first-order valence-electron chi connectivity index (χ1n) is 6.08. The van der Waals surface area contributed by atoms with Crippen LogP contribution in [0.25, 0.3) is 22.4 Å². The van der Waals surface area contributed by atoms with E-state index in [-0.39, 0.29) is 6.54 Å². The van der Waals surface area contributed by atoms with Crippen molar-refractivity contribution in [1.29, 1.82) is 5.26 Å². The van der Waals surface area contributed by atoms with Crippen molar-refractivity contribution in [3.8, 4) is 17.5 Å². The highest BCUT2D eigenvalue weighted by atomic mass is 35.5. The Labute approximate surface area is 124 Å². The number of nitrogens with zero attached hydrogens (tertiary/aromatic N) is 3. The van der Waals surface area contributed by atoms with Gasteiger partial charge >= 0.3 is 0 Å². The predicted octanol–water partition coefficient (Wildman–Crippen LogP) is 4.16. The van der Waals surface area contributed by atoms with Crippen LogP contribution in [0.2, 0.25) is 5.02 Å². The van der Waals surface area contributed by atoms with Crippen LogP contribution in [0.3, 0.4) is 0 Å². The molecule has 21 heavy (non-hydrogen) atoms. The first-order chi connectivity index (χ1) is 10.1. The first-order valence-corrected chi connectivity index (χ1v) is 6.46. The van der Waals surface area contributed by atoms with Gasteiger partial charge in [-0.3, -0.25) is 0 Å². The van der Waals surface area contributed by atoms with E-state index >= 15 is 0 Å². The molecule has 0 atom stereocenters. The second kappa shape index (κ2) is 5.15. The molecule has 3 rings (SSSR count). The van der Waals surface area contributed by atoms with E-state index in [4.69, 9.17) is 16.9 Å². The second-order valence-electron chi connectivity index (χ2n) is 4.44. The second-order valence-corrected chi connectivity index (χ2v) is 4.88. The van der Waals surface area contributed by atoms with Gasteiger partial charge in [-0.1, -0.05) is 11.6 Å². The third-order valence-corrected chi connectivity index (χ3v) is 3.37. The quantitative estimate of drug-likeness (QED) is 0.713. The minimum Gasteiger partial charge on any atom is -0.310 e. The lowest BCUT2D eigenvalue weighted by Crippen LogP contribution is -1.99. The van der Waals surface area contributed by atoms with Gasteiger partial charge in [0.05, 0.1) is 17.1 Å². The third-order valence-electron chi connectivity index (χ3n) is 3.12. The van der Waals surface area contributed by atoms with Gasteiger partial charge in [-0.2, -0.15) is 5.26 Å². The highest BCUT2D eigenvalue weighted by molar-refractivity contribution is 6.30. The van der Waals surface area contributed by atoms with E-state index in [2.05, 4.69) is 4.98 Å². The summed E-state index contributed by atoms with van der Waals surface area (Å²) in [4.78, 5) is 4.30. The molecule has 3 nitrogen and oxygen atoms in total. The van der Waals surface area contributed by atoms with E-state index in [1.807, 2.05) is 6.07 Å². The molecule has 3 aromatic rings. The first kappa shape index (κ1) is 13.5. The van der Waals surface area contributed by atoms with Crippen molar-refractivity contribution in [2.24, 2.45) is 0 Å². The highest BCUT2D eigenvalue weighted by Gasteiger charge is 2.15. The zero-order valence-electron chi connectivity index (χ0n) is 10.6. The zero-order valence-corrected chi connectivity index (χ0v) is 11.4. The summed E-state index contributed by atoms with van der Waals surface area (Å²) < 4.78 is 28.3. The molecule has 0 fully saturated rings. The topological polar surface area (TPSA) is 41.6 Å². The molecule has 1 heterocycles. The average Bonchev–Trinajstić information content (AvgIpc) is 2.79. The minimum absolute atomic E-state index is 0.0144. The molecular weight excluding hydrogens is 296 g/mol. The lowest BCUT2D eigenvalue weighted by atomic mass is 10.2. The van der Waals surface area contributed by atoms with Crippen LogP contribution in [-0.4, -0.2) is 9.55 Å². The number of rotatable bonds is 2. The van der Waals surface area contributed by atoms with E-state index in [1.54, 1.807) is 28.8 Å². The van der Waals surface area contributed by atoms with Gasteiger partial charge in [-0.25, -0.2) is 13.8 Å². The third kappa shape index (κ3) is 2.34. The van der Waals surface area contributed by atoms with Gasteiger partial charge in [-0.15, -0.1) is 0 Å².